The Kier molecular flexibility index (Phi) is 4.27. The summed E-state index contributed by atoms with van der Waals surface area (Å²) < 4.78 is 2.18. The maximum atomic E-state index is 10.7. The Morgan fingerprint density at radius 1 is 1.05 bits per heavy atom. The van der Waals surface area contributed by atoms with Crippen LogP contribution in [0.1, 0.15) is 17.2 Å². The third-order valence-corrected chi connectivity index (χ3v) is 4.20. The summed E-state index contributed by atoms with van der Waals surface area (Å²) in [5.41, 5.74) is 3.53. The van der Waals surface area contributed by atoms with Crippen molar-refractivity contribution in [2.75, 3.05) is 13.6 Å². The normalized spacial score (nSPS) is 14.1. The molecule has 0 spiro atoms. The molecule has 0 radical (unpaired) electrons. The van der Waals surface area contributed by atoms with Crippen LogP contribution in [0.4, 0.5) is 0 Å². The second-order valence-corrected chi connectivity index (χ2v) is 5.71. The molecule has 1 aromatic heterocycles. The fourth-order valence-electron chi connectivity index (χ4n) is 3.12. The number of hydrogen-bond acceptors (Lipinski definition) is 2. The van der Waals surface area contributed by atoms with Crippen molar-refractivity contribution in [3.63, 3.8) is 0 Å². The van der Waals surface area contributed by atoms with Gasteiger partial charge in [-0.25, -0.2) is 0 Å². The van der Waals surface area contributed by atoms with Gasteiger partial charge in [-0.3, -0.25) is 0 Å². The molecule has 2 atom stereocenters. The molecule has 0 saturated heterocycles. The first-order valence-electron chi connectivity index (χ1n) is 7.66. The number of aliphatic hydroxyl groups is 1. The first-order valence-corrected chi connectivity index (χ1v) is 7.66. The Morgan fingerprint density at radius 3 is 2.55 bits per heavy atom. The van der Waals surface area contributed by atoms with Crippen molar-refractivity contribution < 1.29 is 5.11 Å². The smallest absolute Gasteiger partial charge is 0.0912 e. The van der Waals surface area contributed by atoms with E-state index < -0.39 is 6.10 Å². The van der Waals surface area contributed by atoms with Crippen LogP contribution in [0.3, 0.4) is 0 Å². The molecule has 22 heavy (non-hydrogen) atoms. The number of rotatable bonds is 5. The predicted molar refractivity (Wildman–Crippen MR) is 91.2 cm³/mol. The summed E-state index contributed by atoms with van der Waals surface area (Å²) in [6.07, 6.45) is 1.58. The van der Waals surface area contributed by atoms with Gasteiger partial charge in [0.15, 0.2) is 0 Å². The molecule has 0 bridgehead atoms. The van der Waals surface area contributed by atoms with Crippen LogP contribution in [-0.2, 0) is 0 Å². The largest absolute Gasteiger partial charge is 0.389 e. The zero-order valence-corrected chi connectivity index (χ0v) is 13.0. The molecule has 0 amide bonds. The number of nitrogens with one attached hydrogen (secondary N) is 1. The number of hydrogen-bond donors (Lipinski definition) is 2. The molecule has 0 aliphatic heterocycles. The minimum atomic E-state index is -0.497. The average Bonchev–Trinajstić information content (AvgIpc) is 2.94. The fraction of sp³-hybridized carbons (Fsp3) is 0.263. The van der Waals surface area contributed by atoms with Crippen molar-refractivity contribution in [3.05, 3.63) is 71.9 Å². The van der Waals surface area contributed by atoms with Crippen LogP contribution in [0.15, 0.2) is 60.8 Å². The van der Waals surface area contributed by atoms with Gasteiger partial charge < -0.3 is 15.0 Å². The molecule has 1 heterocycles. The molecule has 2 aromatic carbocycles. The van der Waals surface area contributed by atoms with E-state index in [9.17, 15) is 5.11 Å². The average molecular weight is 294 g/mol. The summed E-state index contributed by atoms with van der Waals surface area (Å²) >= 11 is 0. The summed E-state index contributed by atoms with van der Waals surface area (Å²) in [6, 6.07) is 18.5. The highest BCUT2D eigenvalue weighted by Crippen LogP contribution is 2.29. The predicted octanol–water partition coefficient (Wildman–Crippen LogP) is 3.12. The van der Waals surface area contributed by atoms with E-state index in [1.165, 1.54) is 10.9 Å². The summed E-state index contributed by atoms with van der Waals surface area (Å²) in [4.78, 5) is 0. The highest BCUT2D eigenvalue weighted by atomic mass is 16.3. The van der Waals surface area contributed by atoms with Crippen molar-refractivity contribution in [2.24, 2.45) is 0 Å². The third-order valence-electron chi connectivity index (χ3n) is 4.20. The number of likely N-dealkylation sites (N-methyl/N-ethyl adjacent to an activating group) is 1. The molecular weight excluding hydrogens is 272 g/mol. The van der Waals surface area contributed by atoms with Crippen molar-refractivity contribution in [1.82, 2.24) is 9.88 Å². The Hall–Kier alpha value is -2.10. The number of fused-ring (bicyclic) bond motifs is 1. The summed E-state index contributed by atoms with van der Waals surface area (Å²) in [5, 5.41) is 15.0. The summed E-state index contributed by atoms with van der Waals surface area (Å²) in [5.74, 6) is 0. The molecule has 0 aliphatic carbocycles. The first-order chi connectivity index (χ1) is 10.7. The van der Waals surface area contributed by atoms with E-state index in [0.29, 0.717) is 6.54 Å². The Bertz CT molecular complexity index is 748. The number of aromatic nitrogens is 1. The number of aryl methyl sites for hydroxylation is 1. The van der Waals surface area contributed by atoms with Gasteiger partial charge in [0, 0.05) is 23.6 Å². The van der Waals surface area contributed by atoms with Crippen LogP contribution < -0.4 is 5.32 Å². The molecule has 0 saturated carbocycles. The lowest BCUT2D eigenvalue weighted by atomic mass is 10.0. The Labute approximate surface area is 131 Å². The van der Waals surface area contributed by atoms with Crippen LogP contribution in [0.5, 0.6) is 0 Å². The third kappa shape index (κ3) is 2.65. The maximum Gasteiger partial charge on any atom is 0.0912 e. The molecule has 3 heteroatoms. The quantitative estimate of drug-likeness (QED) is 0.758. The maximum absolute atomic E-state index is 10.7. The molecule has 2 N–H and O–H groups in total. The van der Waals surface area contributed by atoms with Gasteiger partial charge in [-0.1, -0.05) is 42.5 Å². The van der Waals surface area contributed by atoms with E-state index >= 15 is 0 Å². The van der Waals surface area contributed by atoms with Crippen molar-refractivity contribution in [3.8, 4) is 0 Å². The molecule has 3 aromatic rings. The van der Waals surface area contributed by atoms with Gasteiger partial charge in [0.2, 0.25) is 0 Å². The Balaban J connectivity index is 2.14. The molecule has 0 aliphatic rings. The minimum Gasteiger partial charge on any atom is -0.389 e. The number of nitrogens with zero attached hydrogens (tertiary/aromatic N) is 1. The SMILES string of the molecule is CNC[C@@H](O)[C@H](c1ccccc1)n1ccc2c(C)cccc21. The lowest BCUT2D eigenvalue weighted by Gasteiger charge is -2.26. The number of aliphatic hydroxyl groups excluding tert-OH is 1. The van der Waals surface area contributed by atoms with Gasteiger partial charge in [0.1, 0.15) is 0 Å². The van der Waals surface area contributed by atoms with Gasteiger partial charge in [-0.05, 0) is 37.2 Å². The lowest BCUT2D eigenvalue weighted by Crippen LogP contribution is -2.33. The number of benzene rings is 2. The fourth-order valence-corrected chi connectivity index (χ4v) is 3.12. The lowest BCUT2D eigenvalue weighted by molar-refractivity contribution is 0.132. The minimum absolute atomic E-state index is 0.104. The molecule has 114 valence electrons. The highest BCUT2D eigenvalue weighted by Gasteiger charge is 2.23. The van der Waals surface area contributed by atoms with E-state index in [0.717, 1.165) is 11.1 Å². The molecule has 3 nitrogen and oxygen atoms in total. The second kappa shape index (κ2) is 6.34. The van der Waals surface area contributed by atoms with Gasteiger partial charge >= 0.3 is 0 Å². The summed E-state index contributed by atoms with van der Waals surface area (Å²) in [7, 11) is 1.86. The summed E-state index contributed by atoms with van der Waals surface area (Å²) in [6.45, 7) is 2.67. The van der Waals surface area contributed by atoms with E-state index in [2.05, 4.69) is 59.4 Å². The monoisotopic (exact) mass is 294 g/mol. The molecule has 0 unspecified atom stereocenters. The van der Waals surface area contributed by atoms with Crippen LogP contribution in [0.25, 0.3) is 10.9 Å². The van der Waals surface area contributed by atoms with Crippen molar-refractivity contribution >= 4 is 10.9 Å². The van der Waals surface area contributed by atoms with Crippen LogP contribution in [0.2, 0.25) is 0 Å². The van der Waals surface area contributed by atoms with Crippen molar-refractivity contribution in [1.29, 1.82) is 0 Å². The van der Waals surface area contributed by atoms with E-state index in [-0.39, 0.29) is 6.04 Å². The zero-order chi connectivity index (χ0) is 15.5. The highest BCUT2D eigenvalue weighted by molar-refractivity contribution is 5.83. The first kappa shape index (κ1) is 14.8. The van der Waals surface area contributed by atoms with Gasteiger partial charge in [-0.15, -0.1) is 0 Å². The van der Waals surface area contributed by atoms with E-state index in [1.807, 2.05) is 25.2 Å². The van der Waals surface area contributed by atoms with E-state index in [4.69, 9.17) is 0 Å². The van der Waals surface area contributed by atoms with Crippen LogP contribution >= 0.6 is 0 Å². The van der Waals surface area contributed by atoms with Crippen LogP contribution in [0, 0.1) is 6.92 Å². The molecule has 3 rings (SSSR count). The molecule has 0 fully saturated rings. The van der Waals surface area contributed by atoms with Crippen LogP contribution in [-0.4, -0.2) is 29.4 Å². The zero-order valence-electron chi connectivity index (χ0n) is 13.0. The second-order valence-electron chi connectivity index (χ2n) is 5.71. The Morgan fingerprint density at radius 2 is 1.82 bits per heavy atom. The van der Waals surface area contributed by atoms with E-state index in [1.54, 1.807) is 0 Å². The standard InChI is InChI=1S/C19H22N2O/c1-14-7-6-10-17-16(14)11-12-21(17)19(18(22)13-20-2)15-8-4-3-5-9-15/h3-12,18-20,22H,13H2,1-2H3/t18-,19+/m1/s1. The van der Waals surface area contributed by atoms with Crippen molar-refractivity contribution in [2.45, 2.75) is 19.1 Å². The van der Waals surface area contributed by atoms with Gasteiger partial charge in [0.25, 0.3) is 0 Å². The topological polar surface area (TPSA) is 37.2 Å². The van der Waals surface area contributed by atoms with Gasteiger partial charge in [-0.2, -0.15) is 0 Å². The molecular formula is C19H22N2O. The van der Waals surface area contributed by atoms with Gasteiger partial charge in [0.05, 0.1) is 12.1 Å².